The van der Waals surface area contributed by atoms with Gasteiger partial charge in [0.1, 0.15) is 0 Å². The topological polar surface area (TPSA) is 32.8 Å². The molecule has 214 valence electrons. The van der Waals surface area contributed by atoms with Crippen LogP contribution in [0.3, 0.4) is 0 Å². The molecule has 0 N–H and O–H groups in total. The first-order valence-electron chi connectivity index (χ1n) is 16.1. The predicted molar refractivity (Wildman–Crippen MR) is 157 cm³/mol. The van der Waals surface area contributed by atoms with Crippen molar-refractivity contribution in [3.8, 4) is 0 Å². The van der Waals surface area contributed by atoms with Crippen LogP contribution in [-0.2, 0) is 9.53 Å². The number of nitrogens with zero attached hydrogens (tertiary/aromatic N) is 2. The van der Waals surface area contributed by atoms with Crippen LogP contribution >= 0.6 is 0 Å². The highest BCUT2D eigenvalue weighted by atomic mass is 16.5. The predicted octanol–water partition coefficient (Wildman–Crippen LogP) is 6.90. The van der Waals surface area contributed by atoms with Gasteiger partial charge < -0.3 is 9.64 Å². The first kappa shape index (κ1) is 28.6. The molecule has 4 aliphatic carbocycles. The van der Waals surface area contributed by atoms with Gasteiger partial charge in [0.15, 0.2) is 5.78 Å². The maximum Gasteiger partial charge on any atom is 0.155 e. The number of carbonyl (C=O) groups excluding carboxylic acids is 1. The molecule has 0 radical (unpaired) electrons. The maximum atomic E-state index is 12.2. The normalized spacial score (nSPS) is 44.6. The summed E-state index contributed by atoms with van der Waals surface area (Å²) in [6.45, 7) is 17.4. The minimum Gasteiger partial charge on any atom is -0.369 e. The molecule has 9 atom stereocenters. The van der Waals surface area contributed by atoms with E-state index < -0.39 is 0 Å². The molecular weight excluding hydrogens is 468 g/mol. The highest BCUT2D eigenvalue weighted by Crippen LogP contribution is 2.64. The average molecular weight is 525 g/mol. The third-order valence-corrected chi connectivity index (χ3v) is 12.0. The van der Waals surface area contributed by atoms with Crippen molar-refractivity contribution < 1.29 is 9.53 Å². The molecule has 4 fully saturated rings. The molecular formula is C34H56N2O2. The smallest absolute Gasteiger partial charge is 0.155 e. The Morgan fingerprint density at radius 1 is 1.13 bits per heavy atom. The number of hydrogen-bond donors (Lipinski definition) is 0. The van der Waals surface area contributed by atoms with Gasteiger partial charge in [-0.3, -0.25) is 9.69 Å². The second kappa shape index (κ2) is 10.8. The summed E-state index contributed by atoms with van der Waals surface area (Å²) < 4.78 is 7.25. The highest BCUT2D eigenvalue weighted by Gasteiger charge is 2.59. The number of fused-ring (bicyclic) bond motifs is 6. The van der Waals surface area contributed by atoms with Crippen LogP contribution < -0.4 is 0 Å². The lowest BCUT2D eigenvalue weighted by Crippen LogP contribution is -2.53. The van der Waals surface area contributed by atoms with E-state index in [1.54, 1.807) is 11.1 Å². The Bertz CT molecular complexity index is 968. The maximum absolute atomic E-state index is 12.2. The van der Waals surface area contributed by atoms with Gasteiger partial charge in [-0.2, -0.15) is 0 Å². The number of carbonyl (C=O) groups is 1. The van der Waals surface area contributed by atoms with Crippen molar-refractivity contribution in [1.29, 1.82) is 0 Å². The zero-order valence-corrected chi connectivity index (χ0v) is 25.8. The molecule has 2 saturated heterocycles. The lowest BCUT2D eigenvalue weighted by Gasteiger charge is -2.48. The molecule has 0 aromatic rings. The molecule has 2 aliphatic heterocycles. The molecule has 1 spiro atoms. The highest BCUT2D eigenvalue weighted by molar-refractivity contribution is 5.91. The van der Waals surface area contributed by atoms with Gasteiger partial charge in [-0.1, -0.05) is 51.3 Å². The van der Waals surface area contributed by atoms with E-state index in [9.17, 15) is 4.79 Å². The number of ketones is 1. The average Bonchev–Trinajstić information content (AvgIpc) is 3.34. The molecule has 0 aromatic carbocycles. The summed E-state index contributed by atoms with van der Waals surface area (Å²) in [5, 5.41) is 0. The Hall–Kier alpha value is -0.970. The fourth-order valence-electron chi connectivity index (χ4n) is 10.1. The second-order valence-corrected chi connectivity index (χ2v) is 14.3. The van der Waals surface area contributed by atoms with Crippen molar-refractivity contribution in [1.82, 2.24) is 9.80 Å². The van der Waals surface area contributed by atoms with E-state index in [0.717, 1.165) is 56.5 Å². The van der Waals surface area contributed by atoms with Crippen LogP contribution in [0.15, 0.2) is 22.8 Å². The first-order chi connectivity index (χ1) is 18.1. The SMILES string of the molecule is CC.CC1=C2CC3C(CCC4=CC(=O)CCC43C)C2CCC2(C1)OC1CC(C)CN(CCN(C)C)C1[C@H]2C. The monoisotopic (exact) mass is 524 g/mol. The fraction of sp³-hybridized carbons (Fsp3) is 0.853. The molecule has 2 heterocycles. The van der Waals surface area contributed by atoms with Crippen molar-refractivity contribution >= 4 is 5.78 Å². The van der Waals surface area contributed by atoms with Crippen molar-refractivity contribution in [2.24, 2.45) is 35.0 Å². The van der Waals surface area contributed by atoms with E-state index in [1.807, 2.05) is 19.9 Å². The Morgan fingerprint density at radius 3 is 2.63 bits per heavy atom. The van der Waals surface area contributed by atoms with Gasteiger partial charge in [0.2, 0.25) is 0 Å². The quantitative estimate of drug-likeness (QED) is 0.376. The summed E-state index contributed by atoms with van der Waals surface area (Å²) in [5.41, 5.74) is 5.21. The third-order valence-electron chi connectivity index (χ3n) is 12.0. The first-order valence-corrected chi connectivity index (χ1v) is 16.1. The minimum absolute atomic E-state index is 0.0214. The summed E-state index contributed by atoms with van der Waals surface area (Å²) in [6.07, 6.45) is 12.9. The van der Waals surface area contributed by atoms with E-state index in [-0.39, 0.29) is 11.0 Å². The molecule has 6 rings (SSSR count). The van der Waals surface area contributed by atoms with Gasteiger partial charge in [0, 0.05) is 38.0 Å². The zero-order valence-electron chi connectivity index (χ0n) is 25.8. The lowest BCUT2D eigenvalue weighted by atomic mass is 9.56. The molecule has 6 aliphatic rings. The van der Waals surface area contributed by atoms with Gasteiger partial charge in [-0.25, -0.2) is 0 Å². The van der Waals surface area contributed by atoms with Gasteiger partial charge in [0.05, 0.1) is 11.7 Å². The number of hydrogen-bond acceptors (Lipinski definition) is 4. The van der Waals surface area contributed by atoms with E-state index in [0.29, 0.717) is 29.8 Å². The van der Waals surface area contributed by atoms with Crippen molar-refractivity contribution in [3.05, 3.63) is 22.8 Å². The zero-order chi connectivity index (χ0) is 27.4. The molecule has 0 bridgehead atoms. The number of piperidine rings is 1. The van der Waals surface area contributed by atoms with E-state index in [1.165, 1.54) is 44.2 Å². The van der Waals surface area contributed by atoms with E-state index >= 15 is 0 Å². The molecule has 2 saturated carbocycles. The van der Waals surface area contributed by atoms with Crippen LogP contribution in [0.5, 0.6) is 0 Å². The number of likely N-dealkylation sites (tertiary alicyclic amines) is 1. The molecule has 0 amide bonds. The fourth-order valence-corrected chi connectivity index (χ4v) is 10.1. The minimum atomic E-state index is 0.0214. The lowest BCUT2D eigenvalue weighted by molar-refractivity contribution is -0.116. The summed E-state index contributed by atoms with van der Waals surface area (Å²) in [5.74, 6) is 3.96. The Balaban J connectivity index is 0.00000144. The van der Waals surface area contributed by atoms with Crippen LogP contribution in [-0.4, -0.2) is 67.1 Å². The molecule has 8 unspecified atom stereocenters. The molecule has 0 aromatic heterocycles. The molecule has 38 heavy (non-hydrogen) atoms. The molecule has 4 nitrogen and oxygen atoms in total. The summed E-state index contributed by atoms with van der Waals surface area (Å²) in [6, 6.07) is 0.575. The van der Waals surface area contributed by atoms with Crippen LogP contribution in [0, 0.1) is 35.0 Å². The Kier molecular flexibility index (Phi) is 8.10. The van der Waals surface area contributed by atoms with Crippen molar-refractivity contribution in [2.45, 2.75) is 117 Å². The van der Waals surface area contributed by atoms with Gasteiger partial charge in [0.25, 0.3) is 0 Å². The number of likely N-dealkylation sites (N-methyl/N-ethyl adjacent to an activating group) is 1. The van der Waals surface area contributed by atoms with E-state index in [2.05, 4.69) is 51.6 Å². The standard InChI is InChI=1S/C32H50N2O2.C2H6/c1-20-15-29-30(34(19-20)14-13-33(5)6)22(3)32(36-29)12-10-25-26-8-7-23-16-24(35)9-11-31(23,4)28(26)17-27(25)21(2)18-32;1-2/h16,20,22,25-26,28-30H,7-15,17-19H2,1-6H3;1-2H3/t20?,22-,25?,26?,28?,29?,30?,31?,32?;/m1./s1. The summed E-state index contributed by atoms with van der Waals surface area (Å²) >= 11 is 0. The van der Waals surface area contributed by atoms with Crippen LogP contribution in [0.2, 0.25) is 0 Å². The second-order valence-electron chi connectivity index (χ2n) is 14.3. The van der Waals surface area contributed by atoms with Crippen molar-refractivity contribution in [3.63, 3.8) is 0 Å². The number of ether oxygens (including phenoxy) is 1. The number of rotatable bonds is 3. The van der Waals surface area contributed by atoms with Crippen LogP contribution in [0.4, 0.5) is 0 Å². The third kappa shape index (κ3) is 4.69. The largest absolute Gasteiger partial charge is 0.369 e. The summed E-state index contributed by atoms with van der Waals surface area (Å²) in [4.78, 5) is 17.3. The van der Waals surface area contributed by atoms with Gasteiger partial charge in [-0.15, -0.1) is 0 Å². The van der Waals surface area contributed by atoms with Crippen LogP contribution in [0.25, 0.3) is 0 Å². The van der Waals surface area contributed by atoms with E-state index in [4.69, 9.17) is 4.74 Å². The molecule has 4 heteroatoms. The Labute approximate surface area is 233 Å². The van der Waals surface area contributed by atoms with Crippen LogP contribution in [0.1, 0.15) is 99.3 Å². The van der Waals surface area contributed by atoms with Gasteiger partial charge >= 0.3 is 0 Å². The van der Waals surface area contributed by atoms with Gasteiger partial charge in [-0.05, 0) is 108 Å². The Morgan fingerprint density at radius 2 is 1.89 bits per heavy atom. The van der Waals surface area contributed by atoms with Crippen molar-refractivity contribution in [2.75, 3.05) is 33.7 Å². The number of allylic oxidation sites excluding steroid dienone is 3. The summed E-state index contributed by atoms with van der Waals surface area (Å²) in [7, 11) is 4.40.